The molecule has 0 spiro atoms. The summed E-state index contributed by atoms with van der Waals surface area (Å²) in [5.41, 5.74) is 3.62. The fourth-order valence-electron chi connectivity index (χ4n) is 4.83. The molecular formula is C27H26N2O5S. The van der Waals surface area contributed by atoms with Crippen molar-refractivity contribution in [1.29, 1.82) is 0 Å². The van der Waals surface area contributed by atoms with Crippen LogP contribution in [0.25, 0.3) is 0 Å². The van der Waals surface area contributed by atoms with Gasteiger partial charge in [-0.15, -0.1) is 11.3 Å². The van der Waals surface area contributed by atoms with E-state index in [9.17, 15) is 14.4 Å². The molecule has 2 amide bonds. The van der Waals surface area contributed by atoms with Gasteiger partial charge in [0.05, 0.1) is 23.9 Å². The second kappa shape index (κ2) is 8.94. The lowest BCUT2D eigenvalue weighted by molar-refractivity contribution is -0.126. The molecule has 0 radical (unpaired) electrons. The van der Waals surface area contributed by atoms with E-state index in [-0.39, 0.29) is 18.1 Å². The van der Waals surface area contributed by atoms with Gasteiger partial charge in [-0.2, -0.15) is 0 Å². The number of para-hydroxylation sites is 1. The molecule has 3 atom stereocenters. The zero-order valence-electron chi connectivity index (χ0n) is 20.0. The third-order valence-electron chi connectivity index (χ3n) is 6.66. The van der Waals surface area contributed by atoms with Crippen LogP contribution in [0.4, 0.5) is 10.7 Å². The van der Waals surface area contributed by atoms with E-state index in [1.807, 2.05) is 68.4 Å². The number of imide groups is 1. The summed E-state index contributed by atoms with van der Waals surface area (Å²) in [6.45, 7) is 7.55. The third-order valence-corrected chi connectivity index (χ3v) is 7.85. The standard InChI is InChI=1S/C27H26N2O5S/c1-5-33-27(32)20-16(3)17(4)35-26(20)28-24(30)21-22(18-12-7-6-8-13-18)29(34-23(21)25(28)31)19-14-10-9-11-15(19)2/h6-14,21-23H,5H2,1-4H3/t21-,22+,23-/m1/s1. The van der Waals surface area contributed by atoms with Crippen LogP contribution < -0.4 is 9.96 Å². The number of hydroxylamine groups is 1. The number of esters is 1. The molecule has 2 aliphatic rings. The van der Waals surface area contributed by atoms with Crippen LogP contribution in [0.2, 0.25) is 0 Å². The number of ether oxygens (including phenoxy) is 1. The summed E-state index contributed by atoms with van der Waals surface area (Å²) in [7, 11) is 0. The number of hydrogen-bond acceptors (Lipinski definition) is 7. The van der Waals surface area contributed by atoms with Crippen molar-refractivity contribution in [3.05, 3.63) is 81.7 Å². The lowest BCUT2D eigenvalue weighted by atomic mass is 9.90. The van der Waals surface area contributed by atoms with Gasteiger partial charge in [-0.25, -0.2) is 14.8 Å². The Morgan fingerprint density at radius 2 is 1.69 bits per heavy atom. The summed E-state index contributed by atoms with van der Waals surface area (Å²) >= 11 is 1.25. The Morgan fingerprint density at radius 3 is 2.37 bits per heavy atom. The highest BCUT2D eigenvalue weighted by molar-refractivity contribution is 7.17. The molecule has 2 aliphatic heterocycles. The van der Waals surface area contributed by atoms with Crippen LogP contribution in [0, 0.1) is 26.7 Å². The van der Waals surface area contributed by atoms with Gasteiger partial charge in [0.1, 0.15) is 10.9 Å². The van der Waals surface area contributed by atoms with Crippen molar-refractivity contribution >= 4 is 39.8 Å². The minimum Gasteiger partial charge on any atom is -0.462 e. The van der Waals surface area contributed by atoms with E-state index in [0.29, 0.717) is 10.6 Å². The molecule has 35 heavy (non-hydrogen) atoms. The van der Waals surface area contributed by atoms with E-state index in [1.54, 1.807) is 18.9 Å². The molecule has 0 bridgehead atoms. The maximum absolute atomic E-state index is 13.9. The van der Waals surface area contributed by atoms with Crippen molar-refractivity contribution < 1.29 is 24.0 Å². The minimum absolute atomic E-state index is 0.199. The van der Waals surface area contributed by atoms with E-state index >= 15 is 0 Å². The molecule has 1 aromatic heterocycles. The minimum atomic E-state index is -0.995. The zero-order chi connectivity index (χ0) is 24.9. The second-order valence-electron chi connectivity index (χ2n) is 8.72. The van der Waals surface area contributed by atoms with Crippen LogP contribution in [0.3, 0.4) is 0 Å². The molecule has 2 aromatic carbocycles. The van der Waals surface area contributed by atoms with E-state index in [1.165, 1.54) is 11.3 Å². The Morgan fingerprint density at radius 1 is 1.00 bits per heavy atom. The maximum Gasteiger partial charge on any atom is 0.341 e. The molecule has 5 rings (SSSR count). The van der Waals surface area contributed by atoms with Crippen LogP contribution in [0.1, 0.15) is 44.9 Å². The lowest BCUT2D eigenvalue weighted by Gasteiger charge is -2.29. The average Bonchev–Trinajstić information content (AvgIpc) is 3.45. The molecule has 0 N–H and O–H groups in total. The Balaban J connectivity index is 1.60. The Labute approximate surface area is 207 Å². The molecule has 3 heterocycles. The molecule has 0 unspecified atom stereocenters. The number of carbonyl (C=O) groups is 3. The third kappa shape index (κ3) is 3.64. The number of fused-ring (bicyclic) bond motifs is 1. The van der Waals surface area contributed by atoms with Gasteiger partial charge < -0.3 is 4.74 Å². The van der Waals surface area contributed by atoms with Gasteiger partial charge in [0.15, 0.2) is 6.10 Å². The first kappa shape index (κ1) is 23.3. The normalized spacial score (nSPS) is 21.5. The van der Waals surface area contributed by atoms with Crippen molar-refractivity contribution in [2.75, 3.05) is 16.6 Å². The number of hydrogen-bond donors (Lipinski definition) is 0. The lowest BCUT2D eigenvalue weighted by Crippen LogP contribution is -2.38. The fraction of sp³-hybridized carbons (Fsp3) is 0.296. The number of amides is 2. The Bertz CT molecular complexity index is 1320. The number of thiophene rings is 1. The van der Waals surface area contributed by atoms with Gasteiger partial charge in [-0.1, -0.05) is 48.5 Å². The van der Waals surface area contributed by atoms with Crippen LogP contribution in [0.15, 0.2) is 54.6 Å². The smallest absolute Gasteiger partial charge is 0.341 e. The molecule has 3 aromatic rings. The topological polar surface area (TPSA) is 76.2 Å². The van der Waals surface area contributed by atoms with Gasteiger partial charge in [-0.3, -0.25) is 14.4 Å². The summed E-state index contributed by atoms with van der Waals surface area (Å²) in [6.07, 6.45) is -0.995. The summed E-state index contributed by atoms with van der Waals surface area (Å²) in [5.74, 6) is -2.15. The Hall–Kier alpha value is -3.49. The summed E-state index contributed by atoms with van der Waals surface area (Å²) in [6, 6.07) is 16.8. The molecule has 0 aliphatic carbocycles. The largest absolute Gasteiger partial charge is 0.462 e. The average molecular weight is 491 g/mol. The molecule has 8 heteroatoms. The molecule has 0 saturated carbocycles. The number of aryl methyl sites for hydroxylation is 2. The zero-order valence-corrected chi connectivity index (χ0v) is 20.8. The van der Waals surface area contributed by atoms with E-state index < -0.39 is 29.9 Å². The monoisotopic (exact) mass is 490 g/mol. The number of benzene rings is 2. The number of carbonyl (C=O) groups excluding carboxylic acids is 3. The van der Waals surface area contributed by atoms with Crippen LogP contribution >= 0.6 is 11.3 Å². The predicted molar refractivity (Wildman–Crippen MR) is 133 cm³/mol. The highest BCUT2D eigenvalue weighted by Crippen LogP contribution is 2.50. The highest BCUT2D eigenvalue weighted by atomic mass is 32.1. The van der Waals surface area contributed by atoms with Crippen molar-refractivity contribution in [1.82, 2.24) is 0 Å². The number of anilines is 2. The van der Waals surface area contributed by atoms with Gasteiger partial charge >= 0.3 is 5.97 Å². The fourth-order valence-corrected chi connectivity index (χ4v) is 5.99. The van der Waals surface area contributed by atoms with E-state index in [0.717, 1.165) is 26.6 Å². The quantitative estimate of drug-likeness (QED) is 0.374. The van der Waals surface area contributed by atoms with E-state index in [2.05, 4.69) is 0 Å². The highest BCUT2D eigenvalue weighted by Gasteiger charge is 2.61. The Kier molecular flexibility index (Phi) is 5.94. The van der Waals surface area contributed by atoms with Crippen LogP contribution in [0.5, 0.6) is 0 Å². The van der Waals surface area contributed by atoms with E-state index in [4.69, 9.17) is 9.57 Å². The van der Waals surface area contributed by atoms with Crippen molar-refractivity contribution in [2.45, 2.75) is 39.8 Å². The molecule has 180 valence electrons. The molecule has 7 nitrogen and oxygen atoms in total. The van der Waals surface area contributed by atoms with Crippen LogP contribution in [-0.2, 0) is 19.2 Å². The summed E-state index contributed by atoms with van der Waals surface area (Å²) in [4.78, 5) is 48.7. The SMILES string of the molecule is CCOC(=O)c1c(N2C(=O)[C@H]3[C@@H](ON(c4ccccc4C)[C@H]3c3ccccc3)C2=O)sc(C)c1C. The van der Waals surface area contributed by atoms with Gasteiger partial charge in [0.2, 0.25) is 5.91 Å². The molecular weight excluding hydrogens is 464 g/mol. The molecule has 2 saturated heterocycles. The molecule has 2 fully saturated rings. The van der Waals surface area contributed by atoms with Crippen LogP contribution in [-0.4, -0.2) is 30.5 Å². The number of rotatable bonds is 5. The van der Waals surface area contributed by atoms with Gasteiger partial charge in [0, 0.05) is 4.88 Å². The van der Waals surface area contributed by atoms with Gasteiger partial charge in [-0.05, 0) is 50.5 Å². The maximum atomic E-state index is 13.9. The summed E-state index contributed by atoms with van der Waals surface area (Å²) in [5, 5.41) is 2.00. The summed E-state index contributed by atoms with van der Waals surface area (Å²) < 4.78 is 5.24. The first-order valence-electron chi connectivity index (χ1n) is 11.6. The first-order valence-corrected chi connectivity index (χ1v) is 12.4. The predicted octanol–water partition coefficient (Wildman–Crippen LogP) is 4.90. The van der Waals surface area contributed by atoms with Crippen molar-refractivity contribution in [3.8, 4) is 0 Å². The van der Waals surface area contributed by atoms with Crippen molar-refractivity contribution in [3.63, 3.8) is 0 Å². The second-order valence-corrected chi connectivity index (χ2v) is 9.92. The first-order chi connectivity index (χ1) is 16.8. The van der Waals surface area contributed by atoms with Crippen molar-refractivity contribution in [2.24, 2.45) is 5.92 Å². The van der Waals surface area contributed by atoms with Gasteiger partial charge in [0.25, 0.3) is 5.91 Å². The number of nitrogens with zero attached hydrogens (tertiary/aromatic N) is 2.